The number of unbranched alkanes of at least 4 members (excludes halogenated alkanes) is 3. The molecule has 0 saturated carbocycles. The Labute approximate surface area is 130 Å². The van der Waals surface area contributed by atoms with E-state index < -0.39 is 0 Å². The Hall–Kier alpha value is -0.650. The van der Waals surface area contributed by atoms with Gasteiger partial charge in [0.15, 0.2) is 0 Å². The van der Waals surface area contributed by atoms with Crippen molar-refractivity contribution < 1.29 is 19.5 Å². The highest BCUT2D eigenvalue weighted by Gasteiger charge is 2.13. The lowest BCUT2D eigenvalue weighted by Gasteiger charge is -2.29. The van der Waals surface area contributed by atoms with Gasteiger partial charge >= 0.3 is 0 Å². The fourth-order valence-corrected chi connectivity index (χ4v) is 2.11. The highest BCUT2D eigenvalue weighted by Crippen LogP contribution is 2.06. The second kappa shape index (κ2) is 15.7. The van der Waals surface area contributed by atoms with Crippen molar-refractivity contribution >= 4 is 5.91 Å². The quantitative estimate of drug-likeness (QED) is 0.378. The van der Waals surface area contributed by atoms with E-state index in [1.165, 1.54) is 0 Å². The van der Waals surface area contributed by atoms with Crippen LogP contribution in [-0.2, 0) is 4.79 Å². The first-order chi connectivity index (χ1) is 10.0. The van der Waals surface area contributed by atoms with Gasteiger partial charge < -0.3 is 20.0 Å². The minimum absolute atomic E-state index is 0.197. The van der Waals surface area contributed by atoms with Crippen molar-refractivity contribution in [2.45, 2.75) is 51.9 Å². The summed E-state index contributed by atoms with van der Waals surface area (Å²) in [5.41, 5.74) is 0. The lowest BCUT2D eigenvalue weighted by molar-refractivity contribution is -0.890. The van der Waals surface area contributed by atoms with Crippen LogP contribution >= 0.6 is 0 Å². The molecule has 0 radical (unpaired) electrons. The first-order valence-corrected chi connectivity index (χ1v) is 8.16. The van der Waals surface area contributed by atoms with Gasteiger partial charge in [0.1, 0.15) is 0 Å². The van der Waals surface area contributed by atoms with E-state index in [9.17, 15) is 4.79 Å². The van der Waals surface area contributed by atoms with Gasteiger partial charge in [0.2, 0.25) is 5.91 Å². The zero-order valence-corrected chi connectivity index (χ0v) is 14.5. The Kier molecular flexibility index (Phi) is 17.0. The number of quaternary nitrogens is 1. The molecule has 0 heterocycles. The molecular formula is C16H37N2O3+. The highest BCUT2D eigenvalue weighted by molar-refractivity contribution is 5.75. The lowest BCUT2D eigenvalue weighted by Crippen LogP contribution is -2.41. The van der Waals surface area contributed by atoms with Crippen molar-refractivity contribution in [3.8, 4) is 0 Å². The first-order valence-electron chi connectivity index (χ1n) is 8.16. The molecule has 0 aromatic heterocycles. The maximum atomic E-state index is 11.5. The van der Waals surface area contributed by atoms with Crippen LogP contribution in [-0.4, -0.2) is 68.0 Å². The Morgan fingerprint density at radius 3 is 2.19 bits per heavy atom. The standard InChI is InChI=1S/C15H32N2O2.CH4O/c1-4-5-11-16-15(19)10-7-6-8-12-17(2,3)13-9-14-18;1-2/h18H,4-14H2,1-3H3;2H,1H3/p+1. The SMILES string of the molecule is CCCCNC(=O)CCCCC[N+](C)(C)CCCO.CO. The topological polar surface area (TPSA) is 69.6 Å². The second-order valence-electron chi connectivity index (χ2n) is 5.97. The van der Waals surface area contributed by atoms with E-state index in [0.717, 1.165) is 69.8 Å². The molecule has 0 spiro atoms. The molecule has 0 atom stereocenters. The number of nitrogens with zero attached hydrogens (tertiary/aromatic N) is 1. The predicted octanol–water partition coefficient (Wildman–Crippen LogP) is 1.53. The van der Waals surface area contributed by atoms with Gasteiger partial charge in [-0.05, 0) is 25.7 Å². The molecule has 0 saturated heterocycles. The Morgan fingerprint density at radius 1 is 1.00 bits per heavy atom. The van der Waals surface area contributed by atoms with Crippen LogP contribution in [0.25, 0.3) is 0 Å². The monoisotopic (exact) mass is 305 g/mol. The normalized spacial score (nSPS) is 10.8. The van der Waals surface area contributed by atoms with Crippen molar-refractivity contribution in [1.29, 1.82) is 0 Å². The molecule has 1 amide bonds. The van der Waals surface area contributed by atoms with Crippen molar-refractivity contribution in [2.75, 3.05) is 47.4 Å². The van der Waals surface area contributed by atoms with E-state index in [0.29, 0.717) is 6.42 Å². The van der Waals surface area contributed by atoms with Gasteiger partial charge in [0, 0.05) is 33.1 Å². The van der Waals surface area contributed by atoms with Crippen LogP contribution < -0.4 is 5.32 Å². The maximum absolute atomic E-state index is 11.5. The molecule has 21 heavy (non-hydrogen) atoms. The van der Waals surface area contributed by atoms with E-state index >= 15 is 0 Å². The van der Waals surface area contributed by atoms with Crippen LogP contribution in [0.3, 0.4) is 0 Å². The minimum Gasteiger partial charge on any atom is -0.400 e. The van der Waals surface area contributed by atoms with Gasteiger partial charge in [0.25, 0.3) is 0 Å². The van der Waals surface area contributed by atoms with Crippen molar-refractivity contribution in [1.82, 2.24) is 5.32 Å². The van der Waals surface area contributed by atoms with Gasteiger partial charge in [-0.2, -0.15) is 0 Å². The zero-order chi connectivity index (χ0) is 16.6. The molecule has 0 unspecified atom stereocenters. The molecule has 0 rings (SSSR count). The van der Waals surface area contributed by atoms with Crippen LogP contribution in [0, 0.1) is 0 Å². The number of carbonyl (C=O) groups excluding carboxylic acids is 1. The predicted molar refractivity (Wildman–Crippen MR) is 88.1 cm³/mol. The Morgan fingerprint density at radius 2 is 1.62 bits per heavy atom. The van der Waals surface area contributed by atoms with Crippen LogP contribution in [0.4, 0.5) is 0 Å². The molecule has 0 aromatic carbocycles. The van der Waals surface area contributed by atoms with Crippen molar-refractivity contribution in [3.05, 3.63) is 0 Å². The molecular weight excluding hydrogens is 268 g/mol. The van der Waals surface area contributed by atoms with Crippen LogP contribution in [0.2, 0.25) is 0 Å². The number of aliphatic hydroxyl groups is 2. The Balaban J connectivity index is 0. The smallest absolute Gasteiger partial charge is 0.219 e. The molecule has 0 aliphatic heterocycles. The third-order valence-corrected chi connectivity index (χ3v) is 3.44. The summed E-state index contributed by atoms with van der Waals surface area (Å²) in [6, 6.07) is 0. The van der Waals surface area contributed by atoms with E-state index in [2.05, 4.69) is 26.3 Å². The summed E-state index contributed by atoms with van der Waals surface area (Å²) in [5, 5.41) is 18.8. The molecule has 3 N–H and O–H groups in total. The molecule has 5 heteroatoms. The molecule has 5 nitrogen and oxygen atoms in total. The largest absolute Gasteiger partial charge is 0.400 e. The van der Waals surface area contributed by atoms with E-state index in [1.54, 1.807) is 0 Å². The number of aliphatic hydroxyl groups excluding tert-OH is 2. The first kappa shape index (κ1) is 22.6. The number of amides is 1. The van der Waals surface area contributed by atoms with Gasteiger partial charge in [0.05, 0.1) is 27.2 Å². The zero-order valence-electron chi connectivity index (χ0n) is 14.5. The number of nitrogens with one attached hydrogen (secondary N) is 1. The van der Waals surface area contributed by atoms with E-state index in [1.807, 2.05) is 0 Å². The number of rotatable bonds is 12. The average Bonchev–Trinajstić information content (AvgIpc) is 2.47. The maximum Gasteiger partial charge on any atom is 0.219 e. The molecule has 0 fully saturated rings. The van der Waals surface area contributed by atoms with Gasteiger partial charge in [-0.15, -0.1) is 0 Å². The van der Waals surface area contributed by atoms with Crippen LogP contribution in [0.15, 0.2) is 0 Å². The number of hydrogen-bond acceptors (Lipinski definition) is 3. The summed E-state index contributed by atoms with van der Waals surface area (Å²) in [6.07, 6.45) is 6.98. The molecule has 0 aliphatic carbocycles. The summed E-state index contributed by atoms with van der Waals surface area (Å²) in [4.78, 5) is 11.5. The second-order valence-corrected chi connectivity index (χ2v) is 5.97. The van der Waals surface area contributed by atoms with E-state index in [-0.39, 0.29) is 12.5 Å². The summed E-state index contributed by atoms with van der Waals surface area (Å²) in [6.45, 7) is 5.37. The fraction of sp³-hybridized carbons (Fsp3) is 0.938. The summed E-state index contributed by atoms with van der Waals surface area (Å²) >= 11 is 0. The van der Waals surface area contributed by atoms with Crippen molar-refractivity contribution in [3.63, 3.8) is 0 Å². The fourth-order valence-electron chi connectivity index (χ4n) is 2.11. The summed E-state index contributed by atoms with van der Waals surface area (Å²) in [5.74, 6) is 0.197. The van der Waals surface area contributed by atoms with Gasteiger partial charge in [-0.3, -0.25) is 4.79 Å². The average molecular weight is 305 g/mol. The Bertz CT molecular complexity index is 234. The number of hydrogen-bond donors (Lipinski definition) is 3. The third kappa shape index (κ3) is 17.3. The molecule has 0 bridgehead atoms. The third-order valence-electron chi connectivity index (χ3n) is 3.44. The van der Waals surface area contributed by atoms with Crippen LogP contribution in [0.5, 0.6) is 0 Å². The molecule has 0 aromatic rings. The summed E-state index contributed by atoms with van der Waals surface area (Å²) in [7, 11) is 5.40. The van der Waals surface area contributed by atoms with Gasteiger partial charge in [-0.1, -0.05) is 13.3 Å². The van der Waals surface area contributed by atoms with Crippen LogP contribution in [0.1, 0.15) is 51.9 Å². The lowest BCUT2D eigenvalue weighted by atomic mass is 10.1. The molecule has 0 aliphatic rings. The van der Waals surface area contributed by atoms with Crippen molar-refractivity contribution in [2.24, 2.45) is 0 Å². The highest BCUT2D eigenvalue weighted by atomic mass is 16.3. The minimum atomic E-state index is 0.197. The number of carbonyl (C=O) groups is 1. The molecule has 128 valence electrons. The summed E-state index contributed by atoms with van der Waals surface area (Å²) < 4.78 is 0.962. The van der Waals surface area contributed by atoms with Gasteiger partial charge in [-0.25, -0.2) is 0 Å². The van der Waals surface area contributed by atoms with E-state index in [4.69, 9.17) is 10.2 Å².